The van der Waals surface area contributed by atoms with Crippen LogP contribution in [0.15, 0.2) is 18.2 Å². The van der Waals surface area contributed by atoms with Crippen molar-refractivity contribution >= 4 is 17.3 Å². The summed E-state index contributed by atoms with van der Waals surface area (Å²) in [6, 6.07) is 6.46. The molecule has 3 aliphatic carbocycles. The highest BCUT2D eigenvalue weighted by molar-refractivity contribution is 6.30. The fourth-order valence-corrected chi connectivity index (χ4v) is 5.40. The van der Waals surface area contributed by atoms with E-state index in [1.807, 2.05) is 18.2 Å². The quantitative estimate of drug-likeness (QED) is 0.880. The summed E-state index contributed by atoms with van der Waals surface area (Å²) in [7, 11) is 1.72. The second kappa shape index (κ2) is 4.84. The van der Waals surface area contributed by atoms with E-state index in [1.54, 1.807) is 7.11 Å². The number of methoxy groups -OCH3 is 1. The van der Waals surface area contributed by atoms with Crippen molar-refractivity contribution in [1.82, 2.24) is 0 Å². The molecule has 2 bridgehead atoms. The summed E-state index contributed by atoms with van der Waals surface area (Å²) >= 11 is 6.13. The van der Waals surface area contributed by atoms with Crippen LogP contribution in [-0.4, -0.2) is 13.2 Å². The van der Waals surface area contributed by atoms with Crippen molar-refractivity contribution in [2.24, 2.45) is 23.7 Å². The van der Waals surface area contributed by atoms with E-state index < -0.39 is 0 Å². The van der Waals surface area contributed by atoms with E-state index in [0.717, 1.165) is 40.1 Å². The van der Waals surface area contributed by atoms with Gasteiger partial charge in [-0.05, 0) is 67.6 Å². The van der Waals surface area contributed by atoms with E-state index in [2.05, 4.69) is 5.32 Å². The Kier molecular flexibility index (Phi) is 3.10. The van der Waals surface area contributed by atoms with Gasteiger partial charge in [-0.3, -0.25) is 0 Å². The van der Waals surface area contributed by atoms with Crippen molar-refractivity contribution in [2.75, 3.05) is 12.4 Å². The van der Waals surface area contributed by atoms with Crippen LogP contribution in [0.5, 0.6) is 5.75 Å². The van der Waals surface area contributed by atoms with Gasteiger partial charge in [0.15, 0.2) is 0 Å². The fraction of sp³-hybridized carbons (Fsp3) is 0.647. The van der Waals surface area contributed by atoms with Crippen molar-refractivity contribution in [3.8, 4) is 5.75 Å². The SMILES string of the molecule is COc1ccc(Cl)cc1NC1CC2CC1C1CCCC21. The highest BCUT2D eigenvalue weighted by Crippen LogP contribution is 2.59. The van der Waals surface area contributed by atoms with Gasteiger partial charge in [0.2, 0.25) is 0 Å². The Labute approximate surface area is 125 Å². The maximum absolute atomic E-state index is 6.13. The zero-order valence-electron chi connectivity index (χ0n) is 11.9. The van der Waals surface area contributed by atoms with E-state index in [-0.39, 0.29) is 0 Å². The Morgan fingerprint density at radius 1 is 1.15 bits per heavy atom. The minimum absolute atomic E-state index is 0.617. The molecule has 0 aromatic heterocycles. The van der Waals surface area contributed by atoms with Crippen LogP contribution in [0.25, 0.3) is 0 Å². The minimum Gasteiger partial charge on any atom is -0.495 e. The molecule has 3 aliphatic rings. The number of nitrogens with one attached hydrogen (secondary N) is 1. The van der Waals surface area contributed by atoms with E-state index in [1.165, 1.54) is 32.1 Å². The second-order valence-electron chi connectivity index (χ2n) is 6.75. The lowest BCUT2D eigenvalue weighted by Crippen LogP contribution is -2.34. The molecule has 5 unspecified atom stereocenters. The molecule has 4 rings (SSSR count). The molecule has 3 heteroatoms. The van der Waals surface area contributed by atoms with E-state index in [9.17, 15) is 0 Å². The highest BCUT2D eigenvalue weighted by Gasteiger charge is 2.53. The van der Waals surface area contributed by atoms with Crippen LogP contribution >= 0.6 is 11.6 Å². The maximum atomic E-state index is 6.13. The first-order valence-corrected chi connectivity index (χ1v) is 8.24. The normalized spacial score (nSPS) is 38.0. The monoisotopic (exact) mass is 291 g/mol. The zero-order chi connectivity index (χ0) is 13.7. The third kappa shape index (κ3) is 1.92. The molecule has 1 aromatic carbocycles. The number of fused-ring (bicyclic) bond motifs is 5. The molecule has 0 amide bonds. The van der Waals surface area contributed by atoms with Crippen LogP contribution in [0, 0.1) is 23.7 Å². The molecular formula is C17H22ClNO. The maximum Gasteiger partial charge on any atom is 0.142 e. The van der Waals surface area contributed by atoms with Gasteiger partial charge in [-0.15, -0.1) is 0 Å². The van der Waals surface area contributed by atoms with Crippen LogP contribution in [0.4, 0.5) is 5.69 Å². The number of hydrogen-bond acceptors (Lipinski definition) is 2. The van der Waals surface area contributed by atoms with Crippen LogP contribution in [0.2, 0.25) is 5.02 Å². The van der Waals surface area contributed by atoms with E-state index in [4.69, 9.17) is 16.3 Å². The predicted octanol–water partition coefficient (Wildman–Crippen LogP) is 4.59. The van der Waals surface area contributed by atoms with Gasteiger partial charge in [0, 0.05) is 11.1 Å². The molecule has 108 valence electrons. The van der Waals surface area contributed by atoms with Gasteiger partial charge >= 0.3 is 0 Å². The summed E-state index contributed by atoms with van der Waals surface area (Å²) in [5.74, 6) is 4.77. The topological polar surface area (TPSA) is 21.3 Å². The highest BCUT2D eigenvalue weighted by atomic mass is 35.5. The number of ether oxygens (including phenoxy) is 1. The van der Waals surface area contributed by atoms with Crippen LogP contribution in [0.3, 0.4) is 0 Å². The summed E-state index contributed by atoms with van der Waals surface area (Å²) in [6.07, 6.45) is 7.17. The van der Waals surface area contributed by atoms with Crippen molar-refractivity contribution < 1.29 is 4.74 Å². The molecule has 1 aromatic rings. The molecule has 5 atom stereocenters. The first kappa shape index (κ1) is 12.8. The lowest BCUT2D eigenvalue weighted by Gasteiger charge is -2.33. The number of anilines is 1. The van der Waals surface area contributed by atoms with Gasteiger partial charge in [0.25, 0.3) is 0 Å². The third-order valence-electron chi connectivity index (χ3n) is 5.93. The Bertz CT molecular complexity index is 518. The number of rotatable bonds is 3. The minimum atomic E-state index is 0.617. The average molecular weight is 292 g/mol. The molecule has 0 aliphatic heterocycles. The molecular weight excluding hydrogens is 270 g/mol. The zero-order valence-corrected chi connectivity index (χ0v) is 12.7. The Morgan fingerprint density at radius 2 is 2.00 bits per heavy atom. The van der Waals surface area contributed by atoms with Gasteiger partial charge < -0.3 is 10.1 Å². The molecule has 20 heavy (non-hydrogen) atoms. The fourth-order valence-electron chi connectivity index (χ4n) is 5.23. The van der Waals surface area contributed by atoms with Gasteiger partial charge in [0.05, 0.1) is 12.8 Å². The Balaban J connectivity index is 1.54. The Morgan fingerprint density at radius 3 is 2.85 bits per heavy atom. The van der Waals surface area contributed by atoms with E-state index in [0.29, 0.717) is 6.04 Å². The van der Waals surface area contributed by atoms with Crippen molar-refractivity contribution in [3.05, 3.63) is 23.2 Å². The molecule has 0 radical (unpaired) electrons. The third-order valence-corrected chi connectivity index (χ3v) is 6.17. The first-order valence-electron chi connectivity index (χ1n) is 7.86. The van der Waals surface area contributed by atoms with Gasteiger partial charge in [-0.1, -0.05) is 18.0 Å². The van der Waals surface area contributed by atoms with Crippen molar-refractivity contribution in [1.29, 1.82) is 0 Å². The molecule has 3 saturated carbocycles. The number of benzene rings is 1. The van der Waals surface area contributed by atoms with Gasteiger partial charge in [-0.25, -0.2) is 0 Å². The van der Waals surface area contributed by atoms with Crippen LogP contribution in [0.1, 0.15) is 32.1 Å². The molecule has 0 saturated heterocycles. The van der Waals surface area contributed by atoms with Crippen LogP contribution in [-0.2, 0) is 0 Å². The molecule has 3 fully saturated rings. The number of hydrogen-bond donors (Lipinski definition) is 1. The van der Waals surface area contributed by atoms with E-state index >= 15 is 0 Å². The first-order chi connectivity index (χ1) is 9.76. The summed E-state index contributed by atoms with van der Waals surface area (Å²) < 4.78 is 5.46. The van der Waals surface area contributed by atoms with Crippen molar-refractivity contribution in [2.45, 2.75) is 38.1 Å². The summed E-state index contributed by atoms with van der Waals surface area (Å²) in [6.45, 7) is 0. The molecule has 2 nitrogen and oxygen atoms in total. The molecule has 1 N–H and O–H groups in total. The lowest BCUT2D eigenvalue weighted by molar-refractivity contribution is 0.243. The van der Waals surface area contributed by atoms with Gasteiger partial charge in [-0.2, -0.15) is 0 Å². The lowest BCUT2D eigenvalue weighted by atomic mass is 9.79. The summed E-state index contributed by atoms with van der Waals surface area (Å²) in [5, 5.41) is 4.51. The Hall–Kier alpha value is -0.890. The smallest absolute Gasteiger partial charge is 0.142 e. The van der Waals surface area contributed by atoms with Crippen LogP contribution < -0.4 is 10.1 Å². The summed E-state index contributed by atoms with van der Waals surface area (Å²) in [4.78, 5) is 0. The molecule has 0 heterocycles. The second-order valence-corrected chi connectivity index (χ2v) is 7.19. The average Bonchev–Trinajstić information content (AvgIpc) is 3.10. The summed E-state index contributed by atoms with van der Waals surface area (Å²) in [5.41, 5.74) is 1.06. The largest absolute Gasteiger partial charge is 0.495 e. The van der Waals surface area contributed by atoms with Crippen molar-refractivity contribution in [3.63, 3.8) is 0 Å². The van der Waals surface area contributed by atoms with Gasteiger partial charge in [0.1, 0.15) is 5.75 Å². The molecule has 0 spiro atoms. The number of halogens is 1. The predicted molar refractivity (Wildman–Crippen MR) is 82.5 cm³/mol. The standard InChI is InChI=1S/C17H22ClNO/c1-20-17-6-5-11(18)9-16(17)19-15-8-10-7-14(15)13-4-2-3-12(10)13/h5-6,9-10,12-15,19H,2-4,7-8H2,1H3.